The Morgan fingerprint density at radius 1 is 1.36 bits per heavy atom. The molecule has 0 aliphatic carbocycles. The molecule has 0 amide bonds. The largest absolute Gasteiger partial charge is 0.710 e. The number of anilines is 1. The summed E-state index contributed by atoms with van der Waals surface area (Å²) in [5, 5.41) is 21.4. The molecule has 0 bridgehead atoms. The number of benzene rings is 1. The van der Waals surface area contributed by atoms with Crippen LogP contribution >= 0.6 is 0 Å². The first-order chi connectivity index (χ1) is 10.4. The number of hydrogen-bond acceptors (Lipinski definition) is 4. The second kappa shape index (κ2) is 4.92. The van der Waals surface area contributed by atoms with Crippen LogP contribution in [0.5, 0.6) is 5.75 Å². The molecule has 0 saturated heterocycles. The van der Waals surface area contributed by atoms with Crippen molar-refractivity contribution in [1.82, 2.24) is 0 Å². The van der Waals surface area contributed by atoms with Crippen LogP contribution in [0.3, 0.4) is 0 Å². The van der Waals surface area contributed by atoms with Crippen LogP contribution in [-0.2, 0) is 0 Å². The predicted molar refractivity (Wildman–Crippen MR) is 82.1 cm³/mol. The number of nitriles is 1. The molecule has 5 nitrogen and oxygen atoms in total. The lowest BCUT2D eigenvalue weighted by molar-refractivity contribution is -0.600. The van der Waals surface area contributed by atoms with Gasteiger partial charge in [0.1, 0.15) is 17.0 Å². The SMILES string of the molecule is CC1(C)CC(c2cccc(N)[n+]2[O-])c2cc(C#N)ccc2O1. The summed E-state index contributed by atoms with van der Waals surface area (Å²) in [5.74, 6) is 0.718. The quantitative estimate of drug-likeness (QED) is 0.647. The highest BCUT2D eigenvalue weighted by Gasteiger charge is 2.36. The fourth-order valence-corrected chi connectivity index (χ4v) is 2.98. The van der Waals surface area contributed by atoms with Crippen LogP contribution in [0.15, 0.2) is 36.4 Å². The first-order valence-corrected chi connectivity index (χ1v) is 7.12. The van der Waals surface area contributed by atoms with E-state index >= 15 is 0 Å². The van der Waals surface area contributed by atoms with Gasteiger partial charge in [-0.2, -0.15) is 5.26 Å². The number of fused-ring (bicyclic) bond motifs is 1. The highest BCUT2D eigenvalue weighted by molar-refractivity contribution is 5.48. The summed E-state index contributed by atoms with van der Waals surface area (Å²) in [6.45, 7) is 3.98. The monoisotopic (exact) mass is 295 g/mol. The fraction of sp³-hybridized carbons (Fsp3) is 0.294. The molecule has 1 aliphatic rings. The Kier molecular flexibility index (Phi) is 3.18. The third-order valence-electron chi connectivity index (χ3n) is 3.96. The number of aromatic nitrogens is 1. The second-order valence-corrected chi connectivity index (χ2v) is 6.15. The van der Waals surface area contributed by atoms with Crippen LogP contribution in [0.4, 0.5) is 5.82 Å². The van der Waals surface area contributed by atoms with Gasteiger partial charge in [-0.3, -0.25) is 5.73 Å². The number of nitrogens with two attached hydrogens (primary N) is 1. The maximum absolute atomic E-state index is 12.3. The molecule has 0 fully saturated rings. The maximum atomic E-state index is 12.3. The van der Waals surface area contributed by atoms with Crippen molar-refractivity contribution in [2.75, 3.05) is 5.73 Å². The van der Waals surface area contributed by atoms with E-state index in [0.29, 0.717) is 23.4 Å². The Bertz CT molecular complexity index is 778. The molecule has 1 aromatic heterocycles. The van der Waals surface area contributed by atoms with Crippen molar-refractivity contribution in [3.63, 3.8) is 0 Å². The number of ether oxygens (including phenoxy) is 1. The minimum atomic E-state index is -0.399. The Balaban J connectivity index is 2.20. The summed E-state index contributed by atoms with van der Waals surface area (Å²) < 4.78 is 6.75. The number of nitrogen functional groups attached to an aromatic ring is 1. The van der Waals surface area contributed by atoms with Crippen LogP contribution in [0.1, 0.15) is 43.0 Å². The smallest absolute Gasteiger partial charge is 0.275 e. The van der Waals surface area contributed by atoms with Gasteiger partial charge in [0.15, 0.2) is 0 Å². The fourth-order valence-electron chi connectivity index (χ4n) is 2.98. The second-order valence-electron chi connectivity index (χ2n) is 6.15. The molecule has 5 heteroatoms. The Labute approximate surface area is 129 Å². The highest BCUT2D eigenvalue weighted by atomic mass is 16.5. The van der Waals surface area contributed by atoms with Crippen LogP contribution in [0.2, 0.25) is 0 Å². The molecule has 112 valence electrons. The van der Waals surface area contributed by atoms with Gasteiger partial charge < -0.3 is 9.94 Å². The van der Waals surface area contributed by atoms with Crippen LogP contribution in [0, 0.1) is 16.5 Å². The molecule has 1 atom stereocenters. The van der Waals surface area contributed by atoms with E-state index in [1.807, 2.05) is 13.8 Å². The molecular weight excluding hydrogens is 278 g/mol. The minimum absolute atomic E-state index is 0.159. The van der Waals surface area contributed by atoms with Gasteiger partial charge in [-0.1, -0.05) is 6.07 Å². The molecule has 1 aliphatic heterocycles. The van der Waals surface area contributed by atoms with Crippen LogP contribution < -0.4 is 15.2 Å². The average Bonchev–Trinajstić information content (AvgIpc) is 2.48. The normalized spacial score (nSPS) is 18.9. The highest BCUT2D eigenvalue weighted by Crippen LogP contribution is 2.43. The average molecular weight is 295 g/mol. The summed E-state index contributed by atoms with van der Waals surface area (Å²) in [7, 11) is 0. The van der Waals surface area contributed by atoms with E-state index in [-0.39, 0.29) is 11.7 Å². The van der Waals surface area contributed by atoms with Gasteiger partial charge in [-0.05, 0) is 38.1 Å². The van der Waals surface area contributed by atoms with Crippen molar-refractivity contribution in [2.45, 2.75) is 31.8 Å². The van der Waals surface area contributed by atoms with E-state index in [4.69, 9.17) is 15.7 Å². The summed E-state index contributed by atoms with van der Waals surface area (Å²) in [6, 6.07) is 12.6. The van der Waals surface area contributed by atoms with E-state index in [2.05, 4.69) is 6.07 Å². The standard InChI is InChI=1S/C17H17N3O2/c1-17(2)9-13(14-4-3-5-16(19)20(14)21)12-8-11(10-18)6-7-15(12)22-17/h3-8,13H,9,19H2,1-2H3. The molecule has 3 rings (SSSR count). The summed E-state index contributed by atoms with van der Waals surface area (Å²) in [6.07, 6.45) is 0.639. The molecule has 0 spiro atoms. The number of hydrogen-bond donors (Lipinski definition) is 1. The van der Waals surface area contributed by atoms with Gasteiger partial charge in [-0.25, -0.2) is 4.73 Å². The van der Waals surface area contributed by atoms with E-state index < -0.39 is 5.60 Å². The Morgan fingerprint density at radius 2 is 2.14 bits per heavy atom. The third kappa shape index (κ3) is 2.33. The molecule has 1 unspecified atom stereocenters. The number of nitrogens with zero attached hydrogens (tertiary/aromatic N) is 2. The number of pyridine rings is 1. The van der Waals surface area contributed by atoms with Crippen molar-refractivity contribution in [3.8, 4) is 11.8 Å². The predicted octanol–water partition coefficient (Wildman–Crippen LogP) is 2.47. The molecular formula is C17H17N3O2. The van der Waals surface area contributed by atoms with Gasteiger partial charge in [0.2, 0.25) is 0 Å². The topological polar surface area (TPSA) is 86.0 Å². The van der Waals surface area contributed by atoms with Gasteiger partial charge in [0.05, 0.1) is 17.6 Å². The summed E-state index contributed by atoms with van der Waals surface area (Å²) in [4.78, 5) is 0. The van der Waals surface area contributed by atoms with E-state index in [0.717, 1.165) is 10.3 Å². The summed E-state index contributed by atoms with van der Waals surface area (Å²) in [5.41, 5.74) is 7.32. The molecule has 2 aromatic rings. The van der Waals surface area contributed by atoms with Crippen molar-refractivity contribution in [2.24, 2.45) is 0 Å². The van der Waals surface area contributed by atoms with Crippen molar-refractivity contribution >= 4 is 5.82 Å². The first-order valence-electron chi connectivity index (χ1n) is 7.12. The lowest BCUT2D eigenvalue weighted by Gasteiger charge is -2.37. The molecule has 2 N–H and O–H groups in total. The molecule has 22 heavy (non-hydrogen) atoms. The van der Waals surface area contributed by atoms with E-state index in [1.165, 1.54) is 0 Å². The maximum Gasteiger partial charge on any atom is 0.275 e. The Hall–Kier alpha value is -2.74. The van der Waals surface area contributed by atoms with E-state index in [1.54, 1.807) is 36.4 Å². The summed E-state index contributed by atoms with van der Waals surface area (Å²) >= 11 is 0. The number of rotatable bonds is 1. The van der Waals surface area contributed by atoms with E-state index in [9.17, 15) is 5.21 Å². The van der Waals surface area contributed by atoms with Crippen LogP contribution in [0.25, 0.3) is 0 Å². The molecule has 1 aromatic carbocycles. The zero-order valence-electron chi connectivity index (χ0n) is 12.5. The molecule has 2 heterocycles. The zero-order chi connectivity index (χ0) is 15.9. The van der Waals surface area contributed by atoms with Gasteiger partial charge >= 0.3 is 0 Å². The van der Waals surface area contributed by atoms with Gasteiger partial charge in [0.25, 0.3) is 5.82 Å². The van der Waals surface area contributed by atoms with Crippen molar-refractivity contribution < 1.29 is 9.47 Å². The first kappa shape index (κ1) is 14.2. The zero-order valence-corrected chi connectivity index (χ0v) is 12.5. The van der Waals surface area contributed by atoms with Crippen LogP contribution in [-0.4, -0.2) is 5.60 Å². The third-order valence-corrected chi connectivity index (χ3v) is 3.96. The van der Waals surface area contributed by atoms with Crippen molar-refractivity contribution in [1.29, 1.82) is 5.26 Å². The Morgan fingerprint density at radius 3 is 2.86 bits per heavy atom. The lowest BCUT2D eigenvalue weighted by Crippen LogP contribution is -2.42. The van der Waals surface area contributed by atoms with Gasteiger partial charge in [-0.15, -0.1) is 0 Å². The lowest BCUT2D eigenvalue weighted by atomic mass is 9.81. The molecule has 0 radical (unpaired) electrons. The van der Waals surface area contributed by atoms with Gasteiger partial charge in [0, 0.05) is 18.1 Å². The molecule has 0 saturated carbocycles. The van der Waals surface area contributed by atoms with Crippen molar-refractivity contribution in [3.05, 3.63) is 58.4 Å². The minimum Gasteiger partial charge on any atom is -0.710 e.